The summed E-state index contributed by atoms with van der Waals surface area (Å²) in [6.45, 7) is 8.96. The number of alkyl halides is 1. The van der Waals surface area contributed by atoms with Crippen molar-refractivity contribution in [1.29, 1.82) is 0 Å². The molecule has 0 aliphatic carbocycles. The molecule has 2 rings (SSSR count). The molecule has 1 unspecified atom stereocenters. The van der Waals surface area contributed by atoms with E-state index in [0.717, 1.165) is 12.1 Å². The fourth-order valence-electron chi connectivity index (χ4n) is 2.38. The summed E-state index contributed by atoms with van der Waals surface area (Å²) >= 11 is 6.24. The van der Waals surface area contributed by atoms with Gasteiger partial charge in [0.15, 0.2) is 9.84 Å². The van der Waals surface area contributed by atoms with E-state index >= 15 is 0 Å². The Morgan fingerprint density at radius 2 is 1.95 bits per heavy atom. The molecule has 1 aromatic carbocycles. The number of benzene rings is 1. The van der Waals surface area contributed by atoms with Gasteiger partial charge in [-0.25, -0.2) is 13.4 Å². The highest BCUT2D eigenvalue weighted by molar-refractivity contribution is 7.91. The molecule has 0 aliphatic rings. The van der Waals surface area contributed by atoms with Gasteiger partial charge in [-0.2, -0.15) is 0 Å². The molecule has 0 saturated carbocycles. The van der Waals surface area contributed by atoms with E-state index < -0.39 is 9.84 Å². The lowest BCUT2D eigenvalue weighted by molar-refractivity contribution is 0.343. The van der Waals surface area contributed by atoms with Crippen molar-refractivity contribution in [2.24, 2.45) is 5.41 Å². The van der Waals surface area contributed by atoms with Crippen LogP contribution in [-0.2, 0) is 16.4 Å². The molecular weight excluding hydrogens is 308 g/mol. The predicted octanol–water partition coefficient (Wildman–Crippen LogP) is 3.79. The predicted molar refractivity (Wildman–Crippen MR) is 86.6 cm³/mol. The Balaban J connectivity index is 2.81. The number of hydrogen-bond donors (Lipinski definition) is 0. The van der Waals surface area contributed by atoms with Crippen molar-refractivity contribution < 1.29 is 8.42 Å². The quantitative estimate of drug-likeness (QED) is 0.805. The fourth-order valence-corrected chi connectivity index (χ4v) is 3.38. The maximum absolute atomic E-state index is 11.9. The monoisotopic (exact) mass is 328 g/mol. The minimum absolute atomic E-state index is 0.0370. The zero-order valence-corrected chi connectivity index (χ0v) is 14.6. The van der Waals surface area contributed by atoms with Crippen LogP contribution >= 0.6 is 11.6 Å². The molecule has 0 spiro atoms. The van der Waals surface area contributed by atoms with Gasteiger partial charge < -0.3 is 4.57 Å². The number of rotatable bonds is 3. The summed E-state index contributed by atoms with van der Waals surface area (Å²) in [6.07, 6.45) is 1.20. The molecule has 21 heavy (non-hydrogen) atoms. The zero-order chi connectivity index (χ0) is 16.0. The van der Waals surface area contributed by atoms with Crippen LogP contribution in [0, 0.1) is 5.41 Å². The maximum atomic E-state index is 11.9. The minimum atomic E-state index is -3.32. The fraction of sp³-hybridized carbons (Fsp3) is 0.533. The first kappa shape index (κ1) is 16.3. The Labute approximate surface area is 131 Å². The summed E-state index contributed by atoms with van der Waals surface area (Å²) in [5, 5.41) is -0.285. The van der Waals surface area contributed by atoms with E-state index in [0.29, 0.717) is 11.3 Å². The van der Waals surface area contributed by atoms with Crippen LogP contribution in [0.3, 0.4) is 0 Å². The number of sulfone groups is 1. The van der Waals surface area contributed by atoms with Gasteiger partial charge in [0, 0.05) is 12.8 Å². The van der Waals surface area contributed by atoms with Crippen molar-refractivity contribution in [1.82, 2.24) is 9.55 Å². The first-order valence-corrected chi connectivity index (χ1v) is 9.17. The molecule has 116 valence electrons. The standard InChI is InChI=1S/C15H21ClN2O2S/c1-10(16)14-17-13-11(18(14)9-15(2,3)4)7-6-8-12(13)21(5,19)20/h6-8,10H,9H2,1-5H3. The van der Waals surface area contributed by atoms with E-state index in [2.05, 4.69) is 25.8 Å². The van der Waals surface area contributed by atoms with Gasteiger partial charge in [0.1, 0.15) is 11.3 Å². The van der Waals surface area contributed by atoms with Crippen molar-refractivity contribution in [3.63, 3.8) is 0 Å². The second-order valence-corrected chi connectivity index (χ2v) is 9.27. The molecule has 0 fully saturated rings. The Morgan fingerprint density at radius 1 is 1.33 bits per heavy atom. The van der Waals surface area contributed by atoms with Crippen molar-refractivity contribution in [2.75, 3.05) is 6.26 Å². The third-order valence-corrected chi connectivity index (χ3v) is 4.48. The normalized spacial score (nSPS) is 14.6. The number of imidazole rings is 1. The third kappa shape index (κ3) is 3.40. The van der Waals surface area contributed by atoms with Crippen LogP contribution < -0.4 is 0 Å². The van der Waals surface area contributed by atoms with Crippen LogP contribution in [0.5, 0.6) is 0 Å². The lowest BCUT2D eigenvalue weighted by Crippen LogP contribution is -2.17. The Kier molecular flexibility index (Phi) is 4.10. The van der Waals surface area contributed by atoms with Crippen molar-refractivity contribution in [3.8, 4) is 0 Å². The second kappa shape index (κ2) is 5.29. The molecule has 1 aromatic heterocycles. The highest BCUT2D eigenvalue weighted by Crippen LogP contribution is 2.31. The molecule has 6 heteroatoms. The van der Waals surface area contributed by atoms with Crippen LogP contribution in [0.4, 0.5) is 0 Å². The van der Waals surface area contributed by atoms with Gasteiger partial charge in [-0.15, -0.1) is 11.6 Å². The number of hydrogen-bond acceptors (Lipinski definition) is 3. The summed E-state index contributed by atoms with van der Waals surface area (Å²) in [6, 6.07) is 5.24. The molecule has 1 atom stereocenters. The molecule has 1 heterocycles. The van der Waals surface area contributed by atoms with Gasteiger partial charge in [0.2, 0.25) is 0 Å². The van der Waals surface area contributed by atoms with Crippen molar-refractivity contribution in [3.05, 3.63) is 24.0 Å². The van der Waals surface area contributed by atoms with E-state index in [4.69, 9.17) is 11.6 Å². The molecule has 4 nitrogen and oxygen atoms in total. The minimum Gasteiger partial charge on any atom is -0.326 e. The average Bonchev–Trinajstić information content (AvgIpc) is 2.64. The topological polar surface area (TPSA) is 52.0 Å². The summed E-state index contributed by atoms with van der Waals surface area (Å²) in [7, 11) is -3.32. The SMILES string of the molecule is CC(Cl)c1nc2c(S(C)(=O)=O)cccc2n1CC(C)(C)C. The number of aromatic nitrogens is 2. The van der Waals surface area contributed by atoms with Gasteiger partial charge in [-0.1, -0.05) is 26.8 Å². The molecule has 0 N–H and O–H groups in total. The van der Waals surface area contributed by atoms with E-state index in [1.807, 2.05) is 17.6 Å². The number of halogens is 1. The Bertz CT molecular complexity index is 771. The first-order valence-electron chi connectivity index (χ1n) is 6.84. The van der Waals surface area contributed by atoms with E-state index in [9.17, 15) is 8.42 Å². The van der Waals surface area contributed by atoms with Crippen molar-refractivity contribution >= 4 is 32.5 Å². The van der Waals surface area contributed by atoms with Gasteiger partial charge in [0.25, 0.3) is 0 Å². The van der Waals surface area contributed by atoms with E-state index in [1.165, 1.54) is 6.26 Å². The van der Waals surface area contributed by atoms with Gasteiger partial charge >= 0.3 is 0 Å². The van der Waals surface area contributed by atoms with Crippen molar-refractivity contribution in [2.45, 2.75) is 44.5 Å². The molecular formula is C15H21ClN2O2S. The van der Waals surface area contributed by atoms with Gasteiger partial charge in [0.05, 0.1) is 15.8 Å². The van der Waals surface area contributed by atoms with Crippen LogP contribution in [-0.4, -0.2) is 24.2 Å². The van der Waals surface area contributed by atoms with Crippen LogP contribution in [0.2, 0.25) is 0 Å². The summed E-state index contributed by atoms with van der Waals surface area (Å²) < 4.78 is 25.9. The van der Waals surface area contributed by atoms with E-state index in [-0.39, 0.29) is 15.7 Å². The summed E-state index contributed by atoms with van der Waals surface area (Å²) in [5.74, 6) is 0.706. The maximum Gasteiger partial charge on any atom is 0.177 e. The molecule has 2 aromatic rings. The number of nitrogens with zero attached hydrogens (tertiary/aromatic N) is 2. The summed E-state index contributed by atoms with van der Waals surface area (Å²) in [5.41, 5.74) is 1.36. The van der Waals surface area contributed by atoms with E-state index in [1.54, 1.807) is 12.1 Å². The average molecular weight is 329 g/mol. The smallest absolute Gasteiger partial charge is 0.177 e. The Morgan fingerprint density at radius 3 is 2.43 bits per heavy atom. The van der Waals surface area contributed by atoms with Crippen LogP contribution in [0.1, 0.15) is 38.9 Å². The van der Waals surface area contributed by atoms with Gasteiger partial charge in [-0.05, 0) is 24.5 Å². The lowest BCUT2D eigenvalue weighted by Gasteiger charge is -2.21. The molecule has 0 radical (unpaired) electrons. The van der Waals surface area contributed by atoms with Gasteiger partial charge in [-0.3, -0.25) is 0 Å². The second-order valence-electron chi connectivity index (χ2n) is 6.63. The number of para-hydroxylation sites is 1. The third-order valence-electron chi connectivity index (χ3n) is 3.16. The highest BCUT2D eigenvalue weighted by atomic mass is 35.5. The highest BCUT2D eigenvalue weighted by Gasteiger charge is 2.23. The molecule has 0 saturated heterocycles. The number of fused-ring (bicyclic) bond motifs is 1. The summed E-state index contributed by atoms with van der Waals surface area (Å²) in [4.78, 5) is 4.77. The molecule has 0 aliphatic heterocycles. The molecule has 0 amide bonds. The zero-order valence-electron chi connectivity index (χ0n) is 13.0. The molecule has 0 bridgehead atoms. The lowest BCUT2D eigenvalue weighted by atomic mass is 9.96. The van der Waals surface area contributed by atoms with Crippen LogP contribution in [0.25, 0.3) is 11.0 Å². The Hall–Kier alpha value is -1.07. The largest absolute Gasteiger partial charge is 0.326 e. The first-order chi connectivity index (χ1) is 9.50. The van der Waals surface area contributed by atoms with Crippen LogP contribution in [0.15, 0.2) is 23.1 Å².